The van der Waals surface area contributed by atoms with Crippen LogP contribution in [0.1, 0.15) is 51.9 Å². The van der Waals surface area contributed by atoms with Crippen molar-refractivity contribution < 1.29 is 9.53 Å². The lowest BCUT2D eigenvalue weighted by molar-refractivity contribution is -0.152. The third-order valence-corrected chi connectivity index (χ3v) is 5.72. The van der Waals surface area contributed by atoms with E-state index in [4.69, 9.17) is 9.72 Å². The van der Waals surface area contributed by atoms with Gasteiger partial charge in [-0.1, -0.05) is 43.7 Å². The number of hydrogen-bond donors (Lipinski definition) is 0. The molecule has 1 aromatic carbocycles. The smallest absolute Gasteiger partial charge is 0.331 e. The number of aryl methyl sites for hydroxylation is 1. The van der Waals surface area contributed by atoms with Crippen LogP contribution in [0.25, 0.3) is 21.3 Å². The van der Waals surface area contributed by atoms with Crippen LogP contribution in [0.15, 0.2) is 34.4 Å². The molecule has 0 N–H and O–H groups in total. The minimum absolute atomic E-state index is 0.0178. The summed E-state index contributed by atoms with van der Waals surface area (Å²) in [5.41, 5.74) is 1.61. The maximum absolute atomic E-state index is 13.7. The number of carbonyl (C=O) groups excluding carboxylic acids is 1. The van der Waals surface area contributed by atoms with Gasteiger partial charge in [-0.3, -0.25) is 9.36 Å². The Kier molecular flexibility index (Phi) is 5.44. The maximum Gasteiger partial charge on any atom is 0.331 e. The summed E-state index contributed by atoms with van der Waals surface area (Å²) in [6.45, 7) is 11.4. The van der Waals surface area contributed by atoms with Crippen LogP contribution in [0, 0.1) is 6.92 Å². The molecule has 0 spiro atoms. The average Bonchev–Trinajstić information content (AvgIpc) is 3.06. The fourth-order valence-electron chi connectivity index (χ4n) is 3.28. The minimum atomic E-state index is -1.15. The summed E-state index contributed by atoms with van der Waals surface area (Å²) < 4.78 is 6.76. The average molecular weight is 399 g/mol. The second-order valence-electron chi connectivity index (χ2n) is 7.74. The molecule has 148 valence electrons. The van der Waals surface area contributed by atoms with Crippen LogP contribution in [0.3, 0.4) is 0 Å². The Balaban J connectivity index is 2.34. The predicted octanol–water partition coefficient (Wildman–Crippen LogP) is 4.86. The number of thiophene rings is 1. The Morgan fingerprint density at radius 2 is 1.89 bits per heavy atom. The highest BCUT2D eigenvalue weighted by molar-refractivity contribution is 7.17. The van der Waals surface area contributed by atoms with Crippen molar-refractivity contribution in [2.45, 2.75) is 53.0 Å². The van der Waals surface area contributed by atoms with E-state index in [2.05, 4.69) is 0 Å². The number of carbonyl (C=O) groups is 1. The van der Waals surface area contributed by atoms with Gasteiger partial charge < -0.3 is 4.74 Å². The van der Waals surface area contributed by atoms with E-state index in [9.17, 15) is 9.59 Å². The lowest BCUT2D eigenvalue weighted by Gasteiger charge is -2.28. The standard InChI is InChI=1S/C22H26N2O3S/c1-7-27-21(26)22(5,6)24-18(13(2)3)23-19-17(20(24)25)16(12-28-19)15-10-8-14(4)9-11-15/h8-13H,7H2,1-6H3. The first-order chi connectivity index (χ1) is 13.2. The van der Waals surface area contributed by atoms with Crippen LogP contribution in [-0.2, 0) is 15.1 Å². The zero-order chi connectivity index (χ0) is 20.6. The number of aromatic nitrogens is 2. The molecular weight excluding hydrogens is 372 g/mol. The van der Waals surface area contributed by atoms with Crippen molar-refractivity contribution in [3.63, 3.8) is 0 Å². The monoisotopic (exact) mass is 398 g/mol. The quantitative estimate of drug-likeness (QED) is 0.576. The largest absolute Gasteiger partial charge is 0.464 e. The summed E-state index contributed by atoms with van der Waals surface area (Å²) in [6, 6.07) is 8.06. The van der Waals surface area contributed by atoms with E-state index < -0.39 is 11.5 Å². The van der Waals surface area contributed by atoms with Gasteiger partial charge in [0.25, 0.3) is 5.56 Å². The highest BCUT2D eigenvalue weighted by Crippen LogP contribution is 2.33. The lowest BCUT2D eigenvalue weighted by atomic mass is 10.0. The van der Waals surface area contributed by atoms with Crippen molar-refractivity contribution in [1.82, 2.24) is 9.55 Å². The van der Waals surface area contributed by atoms with Gasteiger partial charge in [-0.15, -0.1) is 11.3 Å². The van der Waals surface area contributed by atoms with E-state index in [-0.39, 0.29) is 18.1 Å². The van der Waals surface area contributed by atoms with Gasteiger partial charge in [0.1, 0.15) is 16.2 Å². The molecule has 5 nitrogen and oxygen atoms in total. The van der Waals surface area contributed by atoms with Crippen molar-refractivity contribution in [2.24, 2.45) is 0 Å². The van der Waals surface area contributed by atoms with Gasteiger partial charge >= 0.3 is 5.97 Å². The number of hydrogen-bond acceptors (Lipinski definition) is 5. The van der Waals surface area contributed by atoms with Crippen molar-refractivity contribution in [3.05, 3.63) is 51.4 Å². The molecule has 0 bridgehead atoms. The van der Waals surface area contributed by atoms with Crippen molar-refractivity contribution in [3.8, 4) is 11.1 Å². The SMILES string of the molecule is CCOC(=O)C(C)(C)n1c(C(C)C)nc2scc(-c3ccc(C)cc3)c2c1=O. The van der Waals surface area contributed by atoms with Crippen LogP contribution in [0.2, 0.25) is 0 Å². The summed E-state index contributed by atoms with van der Waals surface area (Å²) in [7, 11) is 0. The van der Waals surface area contributed by atoms with Gasteiger partial charge in [0.2, 0.25) is 0 Å². The van der Waals surface area contributed by atoms with Crippen LogP contribution < -0.4 is 5.56 Å². The highest BCUT2D eigenvalue weighted by atomic mass is 32.1. The van der Waals surface area contributed by atoms with Gasteiger partial charge in [-0.2, -0.15) is 0 Å². The summed E-state index contributed by atoms with van der Waals surface area (Å²) in [6.07, 6.45) is 0. The molecule has 0 saturated carbocycles. The molecule has 3 aromatic rings. The number of nitrogens with zero attached hydrogens (tertiary/aromatic N) is 2. The van der Waals surface area contributed by atoms with Crippen LogP contribution in [0.4, 0.5) is 0 Å². The van der Waals surface area contributed by atoms with Crippen LogP contribution in [-0.4, -0.2) is 22.1 Å². The second kappa shape index (κ2) is 7.51. The maximum atomic E-state index is 13.7. The molecule has 0 unspecified atom stereocenters. The normalized spacial score (nSPS) is 12.0. The molecule has 3 rings (SSSR count). The van der Waals surface area contributed by atoms with E-state index >= 15 is 0 Å². The summed E-state index contributed by atoms with van der Waals surface area (Å²) in [4.78, 5) is 31.8. The van der Waals surface area contributed by atoms with Crippen molar-refractivity contribution in [2.75, 3.05) is 6.61 Å². The molecule has 0 aliphatic rings. The third-order valence-electron chi connectivity index (χ3n) is 4.85. The molecule has 0 aliphatic heterocycles. The van der Waals surface area contributed by atoms with E-state index in [1.165, 1.54) is 15.9 Å². The number of ether oxygens (including phenoxy) is 1. The third kappa shape index (κ3) is 3.37. The van der Waals surface area contributed by atoms with Crippen LogP contribution in [0.5, 0.6) is 0 Å². The van der Waals surface area contributed by atoms with E-state index in [1.807, 2.05) is 50.4 Å². The number of rotatable bonds is 5. The van der Waals surface area contributed by atoms with Crippen molar-refractivity contribution in [1.29, 1.82) is 0 Å². The number of benzene rings is 1. The molecule has 2 aromatic heterocycles. The Bertz CT molecular complexity index is 1080. The first-order valence-corrected chi connectivity index (χ1v) is 10.3. The Morgan fingerprint density at radius 1 is 1.25 bits per heavy atom. The van der Waals surface area contributed by atoms with Gasteiger partial charge in [-0.25, -0.2) is 9.78 Å². The van der Waals surface area contributed by atoms with Crippen molar-refractivity contribution >= 4 is 27.5 Å². The molecule has 6 heteroatoms. The van der Waals surface area contributed by atoms with E-state index in [0.29, 0.717) is 16.0 Å². The molecule has 0 aliphatic carbocycles. The van der Waals surface area contributed by atoms with Gasteiger partial charge in [0, 0.05) is 16.9 Å². The Hall–Kier alpha value is -2.47. The van der Waals surface area contributed by atoms with Gasteiger partial charge in [0.15, 0.2) is 0 Å². The lowest BCUT2D eigenvalue weighted by Crippen LogP contribution is -2.46. The number of fused-ring (bicyclic) bond motifs is 1. The molecule has 0 radical (unpaired) electrons. The molecule has 0 fully saturated rings. The first-order valence-electron chi connectivity index (χ1n) is 9.47. The Morgan fingerprint density at radius 3 is 2.46 bits per heavy atom. The molecule has 28 heavy (non-hydrogen) atoms. The van der Waals surface area contributed by atoms with Gasteiger partial charge in [0.05, 0.1) is 12.0 Å². The van der Waals surface area contributed by atoms with Gasteiger partial charge in [-0.05, 0) is 33.3 Å². The fraction of sp³-hybridized carbons (Fsp3) is 0.409. The Labute approximate surface area is 169 Å². The molecule has 0 amide bonds. The zero-order valence-electron chi connectivity index (χ0n) is 17.2. The first kappa shape index (κ1) is 20.3. The number of esters is 1. The minimum Gasteiger partial charge on any atom is -0.464 e. The molecule has 2 heterocycles. The second-order valence-corrected chi connectivity index (χ2v) is 8.60. The molecular formula is C22H26N2O3S. The zero-order valence-corrected chi connectivity index (χ0v) is 18.0. The van der Waals surface area contributed by atoms with Crippen LogP contribution >= 0.6 is 11.3 Å². The topological polar surface area (TPSA) is 61.2 Å². The highest BCUT2D eigenvalue weighted by Gasteiger charge is 2.36. The van der Waals surface area contributed by atoms with E-state index in [1.54, 1.807) is 20.8 Å². The summed E-state index contributed by atoms with van der Waals surface area (Å²) >= 11 is 1.46. The fourth-order valence-corrected chi connectivity index (χ4v) is 4.22. The van der Waals surface area contributed by atoms with E-state index in [0.717, 1.165) is 16.7 Å². The molecule has 0 atom stereocenters. The summed E-state index contributed by atoms with van der Waals surface area (Å²) in [5.74, 6) is 0.135. The summed E-state index contributed by atoms with van der Waals surface area (Å²) in [5, 5.41) is 2.52. The molecule has 0 saturated heterocycles. The predicted molar refractivity (Wildman–Crippen MR) is 114 cm³/mol.